The lowest BCUT2D eigenvalue weighted by Gasteiger charge is -1.94. The van der Waals surface area contributed by atoms with E-state index in [1.165, 1.54) is 0 Å². The Morgan fingerprint density at radius 3 is 2.53 bits per heavy atom. The monoisotopic (exact) mass is 203 g/mol. The maximum Gasteiger partial charge on any atom is 0.314 e. The molecular formula is C11H9NO3. The molecule has 1 heterocycles. The molecule has 4 nitrogen and oxygen atoms in total. The van der Waals surface area contributed by atoms with E-state index in [0.717, 1.165) is 11.1 Å². The van der Waals surface area contributed by atoms with Gasteiger partial charge in [-0.25, -0.2) is 4.98 Å². The van der Waals surface area contributed by atoms with Crippen LogP contribution in [0.1, 0.15) is 16.1 Å². The van der Waals surface area contributed by atoms with Crippen molar-refractivity contribution in [2.75, 3.05) is 0 Å². The van der Waals surface area contributed by atoms with E-state index in [1.807, 2.05) is 31.2 Å². The zero-order chi connectivity index (χ0) is 10.8. The summed E-state index contributed by atoms with van der Waals surface area (Å²) in [5.41, 5.74) is 1.76. The van der Waals surface area contributed by atoms with Crippen LogP contribution in [-0.2, 0) is 0 Å². The molecule has 0 spiro atoms. The third-order valence-electron chi connectivity index (χ3n) is 2.04. The van der Waals surface area contributed by atoms with Gasteiger partial charge in [-0.15, -0.1) is 0 Å². The molecule has 4 heteroatoms. The summed E-state index contributed by atoms with van der Waals surface area (Å²) in [4.78, 5) is 14.3. The van der Waals surface area contributed by atoms with Gasteiger partial charge in [0.1, 0.15) is 0 Å². The van der Waals surface area contributed by atoms with Crippen molar-refractivity contribution in [2.24, 2.45) is 0 Å². The Labute approximate surface area is 86.2 Å². The molecule has 15 heavy (non-hydrogen) atoms. The lowest BCUT2D eigenvalue weighted by Crippen LogP contribution is -1.81. The number of carbonyl (C=O) groups is 1. The highest BCUT2D eigenvalue weighted by Crippen LogP contribution is 2.25. The standard InChI is InChI=1S/C11H9NO3/c1-7-2-4-8(5-3-7)10-12-9(6-13)11(14)15-10/h2-6,14H,1H3. The first-order chi connectivity index (χ1) is 7.20. The minimum Gasteiger partial charge on any atom is -0.479 e. The van der Waals surface area contributed by atoms with E-state index in [4.69, 9.17) is 4.42 Å². The predicted molar refractivity (Wildman–Crippen MR) is 53.7 cm³/mol. The van der Waals surface area contributed by atoms with Gasteiger partial charge in [0.15, 0.2) is 12.0 Å². The lowest BCUT2D eigenvalue weighted by molar-refractivity contribution is 0.111. The zero-order valence-electron chi connectivity index (χ0n) is 8.10. The number of rotatable bonds is 2. The van der Waals surface area contributed by atoms with Crippen LogP contribution in [0.4, 0.5) is 0 Å². The van der Waals surface area contributed by atoms with Gasteiger partial charge in [-0.05, 0) is 19.1 Å². The van der Waals surface area contributed by atoms with Crippen molar-refractivity contribution >= 4 is 6.29 Å². The molecule has 0 bridgehead atoms. The molecule has 0 atom stereocenters. The molecule has 2 rings (SSSR count). The minimum absolute atomic E-state index is 0.0782. The van der Waals surface area contributed by atoms with Crippen LogP contribution >= 0.6 is 0 Å². The van der Waals surface area contributed by atoms with Crippen LogP contribution in [0.2, 0.25) is 0 Å². The van der Waals surface area contributed by atoms with Crippen LogP contribution in [-0.4, -0.2) is 16.4 Å². The maximum absolute atomic E-state index is 10.4. The number of oxazole rings is 1. The average Bonchev–Trinajstić information content (AvgIpc) is 2.61. The van der Waals surface area contributed by atoms with Crippen LogP contribution in [0.3, 0.4) is 0 Å². The SMILES string of the molecule is Cc1ccc(-c2nc(C=O)c(O)o2)cc1. The quantitative estimate of drug-likeness (QED) is 0.759. The topological polar surface area (TPSA) is 63.3 Å². The first-order valence-electron chi connectivity index (χ1n) is 4.42. The normalized spacial score (nSPS) is 10.2. The number of hydrogen-bond acceptors (Lipinski definition) is 4. The fraction of sp³-hybridized carbons (Fsp3) is 0.0909. The number of nitrogens with zero attached hydrogens (tertiary/aromatic N) is 1. The molecule has 0 unspecified atom stereocenters. The molecule has 0 saturated carbocycles. The molecule has 76 valence electrons. The Kier molecular flexibility index (Phi) is 2.25. The summed E-state index contributed by atoms with van der Waals surface area (Å²) in [7, 11) is 0. The van der Waals surface area contributed by atoms with Gasteiger partial charge in [0.05, 0.1) is 0 Å². The second kappa shape index (κ2) is 3.57. The molecule has 0 saturated heterocycles. The van der Waals surface area contributed by atoms with Crippen LogP contribution in [0.15, 0.2) is 28.7 Å². The highest BCUT2D eigenvalue weighted by atomic mass is 16.5. The van der Waals surface area contributed by atoms with Gasteiger partial charge < -0.3 is 9.52 Å². The number of hydrogen-bond donors (Lipinski definition) is 1. The zero-order valence-corrected chi connectivity index (χ0v) is 8.10. The van der Waals surface area contributed by atoms with Gasteiger partial charge in [0, 0.05) is 5.56 Å². The van der Waals surface area contributed by atoms with E-state index in [1.54, 1.807) is 0 Å². The Balaban J connectivity index is 2.45. The van der Waals surface area contributed by atoms with E-state index in [-0.39, 0.29) is 11.6 Å². The highest BCUT2D eigenvalue weighted by Gasteiger charge is 2.12. The van der Waals surface area contributed by atoms with Gasteiger partial charge in [-0.2, -0.15) is 0 Å². The third-order valence-corrected chi connectivity index (χ3v) is 2.04. The van der Waals surface area contributed by atoms with E-state index in [2.05, 4.69) is 4.98 Å². The molecule has 2 aromatic rings. The first-order valence-corrected chi connectivity index (χ1v) is 4.42. The van der Waals surface area contributed by atoms with Crippen molar-refractivity contribution in [3.63, 3.8) is 0 Å². The summed E-state index contributed by atoms with van der Waals surface area (Å²) < 4.78 is 4.94. The Bertz CT molecular complexity index is 485. The summed E-state index contributed by atoms with van der Waals surface area (Å²) >= 11 is 0. The maximum atomic E-state index is 10.4. The number of aryl methyl sites for hydroxylation is 1. The van der Waals surface area contributed by atoms with Crippen molar-refractivity contribution in [2.45, 2.75) is 6.92 Å². The van der Waals surface area contributed by atoms with Crippen LogP contribution in [0.5, 0.6) is 5.95 Å². The smallest absolute Gasteiger partial charge is 0.314 e. The van der Waals surface area contributed by atoms with Gasteiger partial charge >= 0.3 is 5.95 Å². The van der Waals surface area contributed by atoms with Crippen LogP contribution < -0.4 is 0 Å². The van der Waals surface area contributed by atoms with E-state index >= 15 is 0 Å². The lowest BCUT2D eigenvalue weighted by atomic mass is 10.1. The molecule has 0 fully saturated rings. The molecule has 0 aliphatic heterocycles. The Hall–Kier alpha value is -2.10. The summed E-state index contributed by atoms with van der Waals surface area (Å²) in [5.74, 6) is -0.199. The summed E-state index contributed by atoms with van der Waals surface area (Å²) in [6.45, 7) is 1.97. The minimum atomic E-state index is -0.444. The van der Waals surface area contributed by atoms with Crippen LogP contribution in [0, 0.1) is 6.92 Å². The van der Waals surface area contributed by atoms with Crippen molar-refractivity contribution in [1.29, 1.82) is 0 Å². The second-order valence-corrected chi connectivity index (χ2v) is 3.19. The van der Waals surface area contributed by atoms with E-state index in [0.29, 0.717) is 6.29 Å². The summed E-state index contributed by atoms with van der Waals surface area (Å²) in [6.07, 6.45) is 0.455. The largest absolute Gasteiger partial charge is 0.479 e. The van der Waals surface area contributed by atoms with Crippen molar-refractivity contribution in [3.8, 4) is 17.4 Å². The Morgan fingerprint density at radius 2 is 2.00 bits per heavy atom. The molecular weight excluding hydrogens is 194 g/mol. The first kappa shape index (κ1) is 9.45. The van der Waals surface area contributed by atoms with Crippen molar-refractivity contribution < 1.29 is 14.3 Å². The number of aromatic hydroxyl groups is 1. The molecule has 0 aliphatic rings. The molecule has 0 radical (unpaired) electrons. The summed E-state index contributed by atoms with van der Waals surface area (Å²) in [6, 6.07) is 7.43. The summed E-state index contributed by atoms with van der Waals surface area (Å²) in [5, 5.41) is 9.19. The molecule has 0 aliphatic carbocycles. The predicted octanol–water partition coefficient (Wildman–Crippen LogP) is 2.17. The van der Waals surface area contributed by atoms with Crippen molar-refractivity contribution in [3.05, 3.63) is 35.5 Å². The third kappa shape index (κ3) is 1.74. The number of carbonyl (C=O) groups excluding carboxylic acids is 1. The van der Waals surface area contributed by atoms with Gasteiger partial charge in [-0.1, -0.05) is 17.7 Å². The fourth-order valence-corrected chi connectivity index (χ4v) is 1.22. The Morgan fingerprint density at radius 1 is 1.33 bits per heavy atom. The molecule has 1 aromatic heterocycles. The number of aldehydes is 1. The van der Waals surface area contributed by atoms with E-state index in [9.17, 15) is 9.90 Å². The van der Waals surface area contributed by atoms with Crippen molar-refractivity contribution in [1.82, 2.24) is 4.98 Å². The molecule has 1 aromatic carbocycles. The number of benzene rings is 1. The van der Waals surface area contributed by atoms with E-state index < -0.39 is 5.95 Å². The fourth-order valence-electron chi connectivity index (χ4n) is 1.22. The van der Waals surface area contributed by atoms with Gasteiger partial charge in [0.25, 0.3) is 0 Å². The number of aromatic nitrogens is 1. The highest BCUT2D eigenvalue weighted by molar-refractivity contribution is 5.76. The second-order valence-electron chi connectivity index (χ2n) is 3.19. The molecule has 0 amide bonds. The van der Waals surface area contributed by atoms with Gasteiger partial charge in [-0.3, -0.25) is 4.79 Å². The molecule has 1 N–H and O–H groups in total. The van der Waals surface area contributed by atoms with Crippen LogP contribution in [0.25, 0.3) is 11.5 Å². The average molecular weight is 203 g/mol. The van der Waals surface area contributed by atoms with Gasteiger partial charge in [0.2, 0.25) is 5.89 Å².